The minimum atomic E-state index is -3.49. The zero-order chi connectivity index (χ0) is 16.6. The lowest BCUT2D eigenvalue weighted by molar-refractivity contribution is 0.0656. The molecule has 10 heteroatoms. The Bertz CT molecular complexity index is 819. The summed E-state index contributed by atoms with van der Waals surface area (Å²) in [6.45, 7) is 4.56. The molecule has 2 aromatic heterocycles. The van der Waals surface area contributed by atoms with Gasteiger partial charge in [-0.2, -0.15) is 4.31 Å². The van der Waals surface area contributed by atoms with Crippen molar-refractivity contribution < 1.29 is 17.6 Å². The SMILES string of the molecule is Cc1nnc(C(=O)N2CCN(S(=O)(=O)c3ccc(C)s3)CC2)o1. The molecule has 3 rings (SSSR count). The Balaban J connectivity index is 1.67. The van der Waals surface area contributed by atoms with Crippen molar-refractivity contribution in [2.24, 2.45) is 0 Å². The van der Waals surface area contributed by atoms with Gasteiger partial charge in [0.05, 0.1) is 0 Å². The van der Waals surface area contributed by atoms with Crippen LogP contribution in [0, 0.1) is 13.8 Å². The Labute approximate surface area is 137 Å². The first-order valence-electron chi connectivity index (χ1n) is 7.04. The minimum Gasteiger partial charge on any atom is -0.417 e. The van der Waals surface area contributed by atoms with Crippen LogP contribution < -0.4 is 0 Å². The van der Waals surface area contributed by atoms with E-state index in [-0.39, 0.29) is 24.9 Å². The van der Waals surface area contributed by atoms with Crippen LogP contribution in [0.1, 0.15) is 21.5 Å². The van der Waals surface area contributed by atoms with Gasteiger partial charge in [0, 0.05) is 38.0 Å². The Hall–Kier alpha value is -1.78. The van der Waals surface area contributed by atoms with Crippen molar-refractivity contribution >= 4 is 27.3 Å². The molecule has 0 bridgehead atoms. The molecule has 0 N–H and O–H groups in total. The van der Waals surface area contributed by atoms with E-state index in [0.29, 0.717) is 23.2 Å². The van der Waals surface area contributed by atoms with E-state index in [9.17, 15) is 13.2 Å². The lowest BCUT2D eigenvalue weighted by Gasteiger charge is -2.32. The highest BCUT2D eigenvalue weighted by Crippen LogP contribution is 2.25. The van der Waals surface area contributed by atoms with Crippen molar-refractivity contribution in [3.63, 3.8) is 0 Å². The summed E-state index contributed by atoms with van der Waals surface area (Å²) < 4.78 is 31.9. The molecule has 0 aromatic carbocycles. The van der Waals surface area contributed by atoms with Crippen LogP contribution in [0.4, 0.5) is 0 Å². The van der Waals surface area contributed by atoms with E-state index in [2.05, 4.69) is 10.2 Å². The third-order valence-corrected chi connectivity index (χ3v) is 6.91. The van der Waals surface area contributed by atoms with Crippen LogP contribution in [0.2, 0.25) is 0 Å². The van der Waals surface area contributed by atoms with Crippen LogP contribution in [-0.2, 0) is 10.0 Å². The second-order valence-corrected chi connectivity index (χ2v) is 8.64. The minimum absolute atomic E-state index is 0.0623. The van der Waals surface area contributed by atoms with Crippen molar-refractivity contribution in [1.29, 1.82) is 0 Å². The molecule has 0 saturated carbocycles. The van der Waals surface area contributed by atoms with Crippen LogP contribution in [0.25, 0.3) is 0 Å². The first-order chi connectivity index (χ1) is 10.9. The second kappa shape index (κ2) is 6.02. The summed E-state index contributed by atoms with van der Waals surface area (Å²) in [5.41, 5.74) is 0. The smallest absolute Gasteiger partial charge is 0.311 e. The third kappa shape index (κ3) is 3.14. The number of aryl methyl sites for hydroxylation is 2. The van der Waals surface area contributed by atoms with Crippen molar-refractivity contribution in [2.75, 3.05) is 26.2 Å². The molecule has 0 aliphatic carbocycles. The van der Waals surface area contributed by atoms with E-state index < -0.39 is 10.0 Å². The molecule has 1 fully saturated rings. The highest BCUT2D eigenvalue weighted by Gasteiger charge is 2.32. The van der Waals surface area contributed by atoms with E-state index in [1.165, 1.54) is 20.5 Å². The maximum atomic E-state index is 12.5. The number of hydrogen-bond donors (Lipinski definition) is 0. The number of nitrogens with zero attached hydrogens (tertiary/aromatic N) is 4. The fourth-order valence-corrected chi connectivity index (χ4v) is 5.19. The highest BCUT2D eigenvalue weighted by molar-refractivity contribution is 7.91. The summed E-state index contributed by atoms with van der Waals surface area (Å²) in [6, 6.07) is 3.41. The van der Waals surface area contributed by atoms with Gasteiger partial charge in [-0.25, -0.2) is 8.42 Å². The van der Waals surface area contributed by atoms with Gasteiger partial charge in [-0.15, -0.1) is 21.5 Å². The Morgan fingerprint density at radius 3 is 2.39 bits per heavy atom. The first-order valence-corrected chi connectivity index (χ1v) is 9.29. The Morgan fingerprint density at radius 1 is 1.17 bits per heavy atom. The first kappa shape index (κ1) is 16.1. The normalized spacial score (nSPS) is 16.7. The van der Waals surface area contributed by atoms with E-state index in [1.54, 1.807) is 19.1 Å². The summed E-state index contributed by atoms with van der Waals surface area (Å²) in [4.78, 5) is 14.7. The number of carbonyl (C=O) groups excluding carboxylic acids is 1. The molecule has 1 aliphatic heterocycles. The molecule has 0 radical (unpaired) electrons. The van der Waals surface area contributed by atoms with Crippen LogP contribution in [0.5, 0.6) is 0 Å². The van der Waals surface area contributed by atoms with E-state index >= 15 is 0 Å². The maximum absolute atomic E-state index is 12.5. The Kier molecular flexibility index (Phi) is 4.21. The van der Waals surface area contributed by atoms with Crippen LogP contribution in [0.3, 0.4) is 0 Å². The molecule has 2 aromatic rings. The molecule has 0 atom stereocenters. The topological polar surface area (TPSA) is 96.6 Å². The van der Waals surface area contributed by atoms with Gasteiger partial charge in [0.25, 0.3) is 10.0 Å². The average Bonchev–Trinajstić information content (AvgIpc) is 3.15. The van der Waals surface area contributed by atoms with E-state index in [4.69, 9.17) is 4.42 Å². The monoisotopic (exact) mass is 356 g/mol. The van der Waals surface area contributed by atoms with Gasteiger partial charge >= 0.3 is 11.8 Å². The predicted octanol–water partition coefficient (Wildman–Crippen LogP) is 0.895. The van der Waals surface area contributed by atoms with Crippen molar-refractivity contribution in [1.82, 2.24) is 19.4 Å². The molecule has 124 valence electrons. The molecule has 3 heterocycles. The molecular weight excluding hydrogens is 340 g/mol. The van der Waals surface area contributed by atoms with Crippen LogP contribution >= 0.6 is 11.3 Å². The van der Waals surface area contributed by atoms with E-state index in [1.807, 2.05) is 6.92 Å². The quantitative estimate of drug-likeness (QED) is 0.810. The van der Waals surface area contributed by atoms with Gasteiger partial charge in [0.1, 0.15) is 4.21 Å². The number of piperazine rings is 1. The maximum Gasteiger partial charge on any atom is 0.311 e. The Morgan fingerprint density at radius 2 is 1.87 bits per heavy atom. The van der Waals surface area contributed by atoms with Crippen molar-refractivity contribution in [3.05, 3.63) is 28.8 Å². The molecule has 8 nitrogen and oxygen atoms in total. The molecule has 0 spiro atoms. The van der Waals surface area contributed by atoms with Crippen LogP contribution in [-0.4, -0.2) is 59.9 Å². The van der Waals surface area contributed by atoms with Crippen molar-refractivity contribution in [2.45, 2.75) is 18.1 Å². The zero-order valence-electron chi connectivity index (χ0n) is 12.7. The lowest BCUT2D eigenvalue weighted by atomic mass is 10.3. The summed E-state index contributed by atoms with van der Waals surface area (Å²) >= 11 is 1.25. The molecule has 1 aliphatic rings. The summed E-state index contributed by atoms with van der Waals surface area (Å²) in [7, 11) is -3.49. The predicted molar refractivity (Wildman–Crippen MR) is 82.8 cm³/mol. The van der Waals surface area contributed by atoms with Crippen molar-refractivity contribution in [3.8, 4) is 0 Å². The number of sulfonamides is 1. The number of amides is 1. The average molecular weight is 356 g/mol. The fourth-order valence-electron chi connectivity index (χ4n) is 2.33. The summed E-state index contributed by atoms with van der Waals surface area (Å²) in [5.74, 6) is -0.107. The van der Waals surface area contributed by atoms with Gasteiger partial charge in [0.15, 0.2) is 0 Å². The highest BCUT2D eigenvalue weighted by atomic mass is 32.2. The summed E-state index contributed by atoms with van der Waals surface area (Å²) in [6.07, 6.45) is 0. The second-order valence-electron chi connectivity index (χ2n) is 5.19. The molecular formula is C13H16N4O4S2. The number of carbonyl (C=O) groups is 1. The zero-order valence-corrected chi connectivity index (χ0v) is 14.4. The number of rotatable bonds is 3. The standard InChI is InChI=1S/C13H16N4O4S2/c1-9-3-4-11(22-9)23(19,20)17-7-5-16(6-8-17)13(18)12-15-14-10(2)21-12/h3-4H,5-8H2,1-2H3. The molecule has 23 heavy (non-hydrogen) atoms. The van der Waals surface area contributed by atoms with Gasteiger partial charge in [-0.1, -0.05) is 0 Å². The third-order valence-electron chi connectivity index (χ3n) is 3.54. The molecule has 1 saturated heterocycles. The largest absolute Gasteiger partial charge is 0.417 e. The fraction of sp³-hybridized carbons (Fsp3) is 0.462. The van der Waals surface area contributed by atoms with Gasteiger partial charge < -0.3 is 9.32 Å². The molecule has 0 unspecified atom stereocenters. The molecule has 1 amide bonds. The van der Waals surface area contributed by atoms with Gasteiger partial charge in [-0.3, -0.25) is 4.79 Å². The number of hydrogen-bond acceptors (Lipinski definition) is 7. The number of thiophene rings is 1. The van der Waals surface area contributed by atoms with Crippen LogP contribution in [0.15, 0.2) is 20.8 Å². The summed E-state index contributed by atoms with van der Waals surface area (Å²) in [5, 5.41) is 7.33. The van der Waals surface area contributed by atoms with Gasteiger partial charge in [0.2, 0.25) is 5.89 Å². The lowest BCUT2D eigenvalue weighted by Crippen LogP contribution is -2.50. The van der Waals surface area contributed by atoms with Gasteiger partial charge in [-0.05, 0) is 19.1 Å². The number of aromatic nitrogens is 2. The van der Waals surface area contributed by atoms with E-state index in [0.717, 1.165) is 4.88 Å².